The van der Waals surface area contributed by atoms with E-state index in [1.165, 1.54) is 0 Å². The summed E-state index contributed by atoms with van der Waals surface area (Å²) in [6.45, 7) is 31.0. The van der Waals surface area contributed by atoms with E-state index in [0.29, 0.717) is 10.3 Å². The van der Waals surface area contributed by atoms with E-state index in [9.17, 15) is 0 Å². The van der Waals surface area contributed by atoms with Gasteiger partial charge in [0, 0.05) is 0 Å². The molecule has 0 aromatic rings. The van der Waals surface area contributed by atoms with Gasteiger partial charge in [-0.3, -0.25) is 0 Å². The molecule has 0 amide bonds. The van der Waals surface area contributed by atoms with Crippen molar-refractivity contribution >= 4 is 29.8 Å². The van der Waals surface area contributed by atoms with Gasteiger partial charge in [-0.2, -0.15) is 0 Å². The van der Waals surface area contributed by atoms with Gasteiger partial charge < -0.3 is 0 Å². The summed E-state index contributed by atoms with van der Waals surface area (Å²) in [6, 6.07) is 0. The number of rotatable bonds is 3. The second kappa shape index (κ2) is 5.59. The van der Waals surface area contributed by atoms with Gasteiger partial charge in [0.1, 0.15) is 0 Å². The average molecular weight is 323 g/mol. The third-order valence-corrected chi connectivity index (χ3v) is 47.1. The lowest BCUT2D eigenvalue weighted by Gasteiger charge is -2.55. The molecule has 0 fully saturated rings. The normalized spacial score (nSPS) is 15.7. The monoisotopic (exact) mass is 322 g/mol. The second-order valence-corrected chi connectivity index (χ2v) is 38.7. The SMILES string of the molecule is CC(C)(C)P(P([Si](C)(C)C)[Si](C)(C)C)C(C)(C)C. The summed E-state index contributed by atoms with van der Waals surface area (Å²) in [7, 11) is -1.99. The van der Waals surface area contributed by atoms with Crippen LogP contribution in [0.2, 0.25) is 39.3 Å². The quantitative estimate of drug-likeness (QED) is 0.383. The van der Waals surface area contributed by atoms with Gasteiger partial charge in [0.05, 0.1) is 15.5 Å². The molecule has 0 nitrogen and oxygen atoms in total. The van der Waals surface area contributed by atoms with Crippen LogP contribution < -0.4 is 0 Å². The summed E-state index contributed by atoms with van der Waals surface area (Å²) in [6.07, 6.45) is 0. The zero-order valence-corrected chi connectivity index (χ0v) is 18.7. The van der Waals surface area contributed by atoms with Crippen molar-refractivity contribution < 1.29 is 0 Å². The third-order valence-electron chi connectivity index (χ3n) is 2.74. The van der Waals surface area contributed by atoms with Crippen LogP contribution in [-0.2, 0) is 0 Å². The van der Waals surface area contributed by atoms with E-state index in [1.54, 1.807) is 0 Å². The first kappa shape index (κ1) is 19.3. The van der Waals surface area contributed by atoms with Gasteiger partial charge in [-0.05, 0) is 10.3 Å². The fourth-order valence-corrected chi connectivity index (χ4v) is 62.6. The highest BCUT2D eigenvalue weighted by Gasteiger charge is 2.49. The summed E-state index contributed by atoms with van der Waals surface area (Å²) < 4.78 is 0. The molecule has 110 valence electrons. The van der Waals surface area contributed by atoms with E-state index in [1.807, 2.05) is 0 Å². The minimum absolute atomic E-state index is 0.106. The maximum atomic E-state index is 2.63. The zero-order chi connectivity index (χ0) is 15.2. The molecule has 0 radical (unpaired) electrons. The highest BCUT2D eigenvalue weighted by atomic mass is 32.3. The Morgan fingerprint density at radius 1 is 0.556 bits per heavy atom. The first-order chi connectivity index (χ1) is 7.49. The lowest BCUT2D eigenvalue weighted by Crippen LogP contribution is -2.37. The van der Waals surface area contributed by atoms with Crippen molar-refractivity contribution in [1.82, 2.24) is 0 Å². The summed E-state index contributed by atoms with van der Waals surface area (Å²) in [4.78, 5) is 0. The van der Waals surface area contributed by atoms with Crippen molar-refractivity contribution in [3.63, 3.8) is 0 Å². The van der Waals surface area contributed by atoms with Gasteiger partial charge in [-0.25, -0.2) is 0 Å². The van der Waals surface area contributed by atoms with Crippen molar-refractivity contribution in [2.75, 3.05) is 0 Å². The number of hydrogen-bond acceptors (Lipinski definition) is 0. The Hall–Kier alpha value is 1.29. The molecule has 0 spiro atoms. The van der Waals surface area contributed by atoms with Crippen LogP contribution in [0.15, 0.2) is 0 Å². The van der Waals surface area contributed by atoms with Crippen molar-refractivity contribution in [2.24, 2.45) is 0 Å². The summed E-state index contributed by atoms with van der Waals surface area (Å²) in [5.41, 5.74) is 0. The molecule has 0 atom stereocenters. The Labute approximate surface area is 121 Å². The van der Waals surface area contributed by atoms with E-state index in [2.05, 4.69) is 80.8 Å². The molecule has 0 saturated heterocycles. The summed E-state index contributed by atoms with van der Waals surface area (Å²) >= 11 is 0. The lowest BCUT2D eigenvalue weighted by molar-refractivity contribution is 0.720. The van der Waals surface area contributed by atoms with Gasteiger partial charge in [0.2, 0.25) is 0 Å². The van der Waals surface area contributed by atoms with Gasteiger partial charge in [0.15, 0.2) is 0 Å². The fourth-order valence-electron chi connectivity index (χ4n) is 3.21. The molecular weight excluding hydrogens is 286 g/mol. The third kappa shape index (κ3) is 5.35. The van der Waals surface area contributed by atoms with E-state index in [0.717, 1.165) is 0 Å². The van der Waals surface area contributed by atoms with Crippen molar-refractivity contribution in [2.45, 2.75) is 91.1 Å². The Morgan fingerprint density at radius 3 is 0.833 bits per heavy atom. The fraction of sp³-hybridized carbons (Fsp3) is 1.00. The largest absolute Gasteiger partial charge is 0.104 e. The van der Waals surface area contributed by atoms with Gasteiger partial charge in [0.25, 0.3) is 0 Å². The molecular formula is C14H36P2Si2. The average Bonchev–Trinajstić information content (AvgIpc) is 1.89. The van der Waals surface area contributed by atoms with Crippen LogP contribution in [0, 0.1) is 0 Å². The van der Waals surface area contributed by atoms with Crippen LogP contribution in [0.25, 0.3) is 0 Å². The lowest BCUT2D eigenvalue weighted by atomic mass is 10.2. The smallest absolute Gasteiger partial charge is 0.0728 e. The van der Waals surface area contributed by atoms with Crippen LogP contribution in [0.3, 0.4) is 0 Å². The number of hydrogen-bond donors (Lipinski definition) is 0. The van der Waals surface area contributed by atoms with Crippen molar-refractivity contribution in [3.8, 4) is 0 Å². The molecule has 0 rings (SSSR count). The maximum absolute atomic E-state index is 2.63. The minimum atomic E-state index is -1.05. The molecule has 0 aliphatic carbocycles. The van der Waals surface area contributed by atoms with Crippen molar-refractivity contribution in [1.29, 1.82) is 0 Å². The molecule has 0 aliphatic heterocycles. The summed E-state index contributed by atoms with van der Waals surface area (Å²) in [5.74, 6) is 0. The van der Waals surface area contributed by atoms with Crippen LogP contribution in [-0.4, -0.2) is 25.8 Å². The van der Waals surface area contributed by atoms with Crippen LogP contribution >= 0.6 is 14.3 Å². The standard InChI is InChI=1S/C14H36P2Si2/c1-13(2,3)15(14(4,5)6)16(17(7,8)9)18(10,11)12/h1-12H3. The van der Waals surface area contributed by atoms with Gasteiger partial charge >= 0.3 is 0 Å². The molecule has 0 N–H and O–H groups in total. The zero-order valence-electron chi connectivity index (χ0n) is 14.9. The van der Waals surface area contributed by atoms with E-state index in [4.69, 9.17) is 0 Å². The van der Waals surface area contributed by atoms with E-state index < -0.39 is 15.5 Å². The topological polar surface area (TPSA) is 0 Å². The van der Waals surface area contributed by atoms with Crippen LogP contribution in [0.5, 0.6) is 0 Å². The molecule has 0 aromatic heterocycles. The highest BCUT2D eigenvalue weighted by Crippen LogP contribution is 2.86. The molecule has 0 bridgehead atoms. The van der Waals surface area contributed by atoms with Crippen LogP contribution in [0.1, 0.15) is 41.5 Å². The van der Waals surface area contributed by atoms with Crippen molar-refractivity contribution in [3.05, 3.63) is 0 Å². The Morgan fingerprint density at radius 2 is 0.778 bits per heavy atom. The minimum Gasteiger partial charge on any atom is -0.104 e. The predicted octanol–water partition coefficient (Wildman–Crippen LogP) is 7.13. The molecule has 0 unspecified atom stereocenters. The highest BCUT2D eigenvalue weighted by molar-refractivity contribution is 8.57. The molecule has 0 aromatic carbocycles. The Balaban J connectivity index is 5.84. The Bertz CT molecular complexity index is 216. The first-order valence-corrected chi connectivity index (χ1v) is 19.2. The van der Waals surface area contributed by atoms with Crippen LogP contribution in [0.4, 0.5) is 0 Å². The molecule has 0 heterocycles. The van der Waals surface area contributed by atoms with E-state index >= 15 is 0 Å². The Kier molecular flexibility index (Phi) is 5.99. The summed E-state index contributed by atoms with van der Waals surface area (Å²) in [5, 5.41) is 1.000. The van der Waals surface area contributed by atoms with E-state index in [-0.39, 0.29) is 14.3 Å². The van der Waals surface area contributed by atoms with Gasteiger partial charge in [-0.1, -0.05) is 88.4 Å². The molecule has 0 aliphatic rings. The molecule has 18 heavy (non-hydrogen) atoms. The maximum Gasteiger partial charge on any atom is 0.0728 e. The predicted molar refractivity (Wildman–Crippen MR) is 100 cm³/mol. The molecule has 4 heteroatoms. The first-order valence-electron chi connectivity index (χ1n) is 7.09. The molecule has 0 saturated carbocycles. The van der Waals surface area contributed by atoms with Gasteiger partial charge in [-0.15, -0.1) is 6.71 Å². The second-order valence-electron chi connectivity index (χ2n) is 9.31.